The maximum atomic E-state index is 12.2. The molecule has 6 heteroatoms. The van der Waals surface area contributed by atoms with Crippen LogP contribution in [0.5, 0.6) is 11.5 Å². The number of nitrogens with zero attached hydrogens (tertiary/aromatic N) is 1. The Kier molecular flexibility index (Phi) is 7.72. The van der Waals surface area contributed by atoms with E-state index in [0.717, 1.165) is 38.0 Å². The standard InChI is InChI=1S/C18H27NO4S/c1-4-5-10-23-11-6-9-19-17(20)13-24-18(19)14-7-8-15(21-2)16(12-14)22-3/h7-8,12,18H,4-6,9-11,13H2,1-3H3. The van der Waals surface area contributed by atoms with Crippen LogP contribution in [-0.2, 0) is 9.53 Å². The second-order valence-corrected chi connectivity index (χ2v) is 6.75. The van der Waals surface area contributed by atoms with Crippen molar-refractivity contribution in [1.82, 2.24) is 4.90 Å². The topological polar surface area (TPSA) is 48.0 Å². The number of hydrogen-bond acceptors (Lipinski definition) is 5. The first-order chi connectivity index (χ1) is 11.7. The number of benzene rings is 1. The largest absolute Gasteiger partial charge is 0.493 e. The predicted molar refractivity (Wildman–Crippen MR) is 96.8 cm³/mol. The third-order valence-corrected chi connectivity index (χ3v) is 5.25. The molecule has 1 aliphatic heterocycles. The summed E-state index contributed by atoms with van der Waals surface area (Å²) in [6.45, 7) is 4.37. The fourth-order valence-corrected chi connectivity index (χ4v) is 3.87. The molecule has 0 radical (unpaired) electrons. The molecular formula is C18H27NO4S. The van der Waals surface area contributed by atoms with Crippen molar-refractivity contribution in [2.45, 2.75) is 31.6 Å². The maximum absolute atomic E-state index is 12.2. The normalized spacial score (nSPS) is 17.4. The van der Waals surface area contributed by atoms with Crippen molar-refractivity contribution >= 4 is 17.7 Å². The highest BCUT2D eigenvalue weighted by Crippen LogP contribution is 2.41. The molecule has 134 valence electrons. The Morgan fingerprint density at radius 1 is 1.17 bits per heavy atom. The predicted octanol–water partition coefficient (Wildman–Crippen LogP) is 3.48. The van der Waals surface area contributed by atoms with E-state index >= 15 is 0 Å². The minimum absolute atomic E-state index is 0.0351. The summed E-state index contributed by atoms with van der Waals surface area (Å²) in [5.74, 6) is 2.10. The summed E-state index contributed by atoms with van der Waals surface area (Å²) >= 11 is 1.66. The molecule has 0 N–H and O–H groups in total. The summed E-state index contributed by atoms with van der Waals surface area (Å²) < 4.78 is 16.3. The molecule has 1 aromatic carbocycles. The number of methoxy groups -OCH3 is 2. The van der Waals surface area contributed by atoms with Gasteiger partial charge in [0, 0.05) is 19.8 Å². The van der Waals surface area contributed by atoms with Gasteiger partial charge in [-0.2, -0.15) is 0 Å². The van der Waals surface area contributed by atoms with Crippen LogP contribution in [0, 0.1) is 0 Å². The van der Waals surface area contributed by atoms with Crippen LogP contribution in [0.15, 0.2) is 18.2 Å². The minimum atomic E-state index is 0.0351. The number of thioether (sulfide) groups is 1. The van der Waals surface area contributed by atoms with Gasteiger partial charge in [0.25, 0.3) is 0 Å². The first kappa shape index (κ1) is 18.9. The van der Waals surface area contributed by atoms with Crippen LogP contribution in [0.3, 0.4) is 0 Å². The third-order valence-electron chi connectivity index (χ3n) is 3.99. The Labute approximate surface area is 148 Å². The summed E-state index contributed by atoms with van der Waals surface area (Å²) in [6, 6.07) is 5.85. The summed E-state index contributed by atoms with van der Waals surface area (Å²) in [5, 5.41) is 0.0351. The van der Waals surface area contributed by atoms with Gasteiger partial charge < -0.3 is 19.1 Å². The molecule has 0 saturated carbocycles. The lowest BCUT2D eigenvalue weighted by Crippen LogP contribution is -2.30. The summed E-state index contributed by atoms with van der Waals surface area (Å²) in [4.78, 5) is 14.1. The van der Waals surface area contributed by atoms with E-state index in [0.29, 0.717) is 23.9 Å². The molecular weight excluding hydrogens is 326 g/mol. The third kappa shape index (κ3) is 4.80. The van der Waals surface area contributed by atoms with Crippen molar-refractivity contribution in [3.05, 3.63) is 23.8 Å². The van der Waals surface area contributed by atoms with E-state index in [9.17, 15) is 4.79 Å². The van der Waals surface area contributed by atoms with E-state index in [1.807, 2.05) is 23.1 Å². The average molecular weight is 353 g/mol. The quantitative estimate of drug-likeness (QED) is 0.603. The van der Waals surface area contributed by atoms with Gasteiger partial charge in [0.05, 0.1) is 20.0 Å². The van der Waals surface area contributed by atoms with Crippen LogP contribution >= 0.6 is 11.8 Å². The van der Waals surface area contributed by atoms with Gasteiger partial charge in [-0.25, -0.2) is 0 Å². The van der Waals surface area contributed by atoms with Crippen LogP contribution in [-0.4, -0.2) is 50.5 Å². The van der Waals surface area contributed by atoms with E-state index in [2.05, 4.69) is 6.92 Å². The number of carbonyl (C=O) groups is 1. The molecule has 1 saturated heterocycles. The van der Waals surface area contributed by atoms with Crippen LogP contribution < -0.4 is 9.47 Å². The van der Waals surface area contributed by atoms with Gasteiger partial charge in [0.15, 0.2) is 11.5 Å². The van der Waals surface area contributed by atoms with Gasteiger partial charge in [0.2, 0.25) is 5.91 Å². The molecule has 1 unspecified atom stereocenters. The van der Waals surface area contributed by atoms with Crippen molar-refractivity contribution in [2.24, 2.45) is 0 Å². The van der Waals surface area contributed by atoms with Crippen molar-refractivity contribution in [1.29, 1.82) is 0 Å². The maximum Gasteiger partial charge on any atom is 0.233 e. The summed E-state index contributed by atoms with van der Waals surface area (Å²) in [5.41, 5.74) is 1.07. The minimum Gasteiger partial charge on any atom is -0.493 e. The lowest BCUT2D eigenvalue weighted by atomic mass is 10.1. The number of rotatable bonds is 10. The molecule has 1 fully saturated rings. The number of hydrogen-bond donors (Lipinski definition) is 0. The Morgan fingerprint density at radius 2 is 1.92 bits per heavy atom. The summed E-state index contributed by atoms with van der Waals surface area (Å²) in [7, 11) is 3.25. The molecule has 24 heavy (non-hydrogen) atoms. The SMILES string of the molecule is CCCCOCCCN1C(=O)CSC1c1ccc(OC)c(OC)c1. The summed E-state index contributed by atoms with van der Waals surface area (Å²) in [6.07, 6.45) is 3.09. The Balaban J connectivity index is 1.96. The Hall–Kier alpha value is -1.40. The molecule has 5 nitrogen and oxygen atoms in total. The molecule has 1 aliphatic rings. The molecule has 1 heterocycles. The van der Waals surface area contributed by atoms with E-state index in [1.54, 1.807) is 26.0 Å². The van der Waals surface area contributed by atoms with Gasteiger partial charge >= 0.3 is 0 Å². The molecule has 0 spiro atoms. The Bertz CT molecular complexity index is 538. The fraction of sp³-hybridized carbons (Fsp3) is 0.611. The van der Waals surface area contributed by atoms with E-state index in [1.165, 1.54) is 0 Å². The van der Waals surface area contributed by atoms with Gasteiger partial charge in [0.1, 0.15) is 5.37 Å². The number of ether oxygens (including phenoxy) is 3. The van der Waals surface area contributed by atoms with Crippen molar-refractivity contribution in [3.63, 3.8) is 0 Å². The molecule has 0 aliphatic carbocycles. The molecule has 1 aromatic rings. The number of amides is 1. The zero-order chi connectivity index (χ0) is 17.4. The monoisotopic (exact) mass is 353 g/mol. The van der Waals surface area contributed by atoms with Gasteiger partial charge in [-0.3, -0.25) is 4.79 Å². The van der Waals surface area contributed by atoms with Gasteiger partial charge in [-0.05, 0) is 30.5 Å². The lowest BCUT2D eigenvalue weighted by molar-refractivity contribution is -0.128. The van der Waals surface area contributed by atoms with E-state index in [-0.39, 0.29) is 11.3 Å². The van der Waals surface area contributed by atoms with Crippen LogP contribution in [0.4, 0.5) is 0 Å². The van der Waals surface area contributed by atoms with E-state index < -0.39 is 0 Å². The first-order valence-corrected chi connectivity index (χ1v) is 9.46. The van der Waals surface area contributed by atoms with E-state index in [4.69, 9.17) is 14.2 Å². The molecule has 1 atom stereocenters. The highest BCUT2D eigenvalue weighted by molar-refractivity contribution is 8.00. The van der Waals surface area contributed by atoms with Gasteiger partial charge in [-0.15, -0.1) is 11.8 Å². The lowest BCUT2D eigenvalue weighted by Gasteiger charge is -2.25. The van der Waals surface area contributed by atoms with Crippen LogP contribution in [0.2, 0.25) is 0 Å². The highest BCUT2D eigenvalue weighted by Gasteiger charge is 2.32. The second-order valence-electron chi connectivity index (χ2n) is 5.68. The second kappa shape index (κ2) is 9.79. The van der Waals surface area contributed by atoms with Crippen molar-refractivity contribution < 1.29 is 19.0 Å². The van der Waals surface area contributed by atoms with Gasteiger partial charge in [-0.1, -0.05) is 19.4 Å². The molecule has 0 bridgehead atoms. The first-order valence-electron chi connectivity index (χ1n) is 8.42. The zero-order valence-corrected chi connectivity index (χ0v) is 15.6. The molecule has 1 amide bonds. The molecule has 0 aromatic heterocycles. The van der Waals surface area contributed by atoms with Crippen LogP contribution in [0.1, 0.15) is 37.1 Å². The Morgan fingerprint density at radius 3 is 2.62 bits per heavy atom. The van der Waals surface area contributed by atoms with Crippen LogP contribution in [0.25, 0.3) is 0 Å². The fourth-order valence-electron chi connectivity index (χ4n) is 2.66. The molecule has 2 rings (SSSR count). The van der Waals surface area contributed by atoms with Crippen molar-refractivity contribution in [3.8, 4) is 11.5 Å². The number of carbonyl (C=O) groups excluding carboxylic acids is 1. The van der Waals surface area contributed by atoms with Crippen molar-refractivity contribution in [2.75, 3.05) is 39.7 Å². The smallest absolute Gasteiger partial charge is 0.233 e. The number of unbranched alkanes of at least 4 members (excludes halogenated alkanes) is 1. The average Bonchev–Trinajstić information content (AvgIpc) is 2.98. The highest BCUT2D eigenvalue weighted by atomic mass is 32.2. The zero-order valence-electron chi connectivity index (χ0n) is 14.7.